The van der Waals surface area contributed by atoms with Gasteiger partial charge in [-0.25, -0.2) is 0 Å². The van der Waals surface area contributed by atoms with Crippen molar-refractivity contribution in [3.05, 3.63) is 23.7 Å². The zero-order valence-electron chi connectivity index (χ0n) is 14.2. The molecule has 0 aromatic heterocycles. The van der Waals surface area contributed by atoms with Crippen LogP contribution in [0.1, 0.15) is 90.9 Å². The van der Waals surface area contributed by atoms with Gasteiger partial charge in [0.1, 0.15) is 0 Å². The van der Waals surface area contributed by atoms with E-state index in [1.54, 1.807) is 0 Å². The van der Waals surface area contributed by atoms with E-state index in [0.717, 1.165) is 24.7 Å². The van der Waals surface area contributed by atoms with Gasteiger partial charge in [-0.1, -0.05) is 64.2 Å². The monoisotopic (exact) mass is 290 g/mol. The van der Waals surface area contributed by atoms with Crippen LogP contribution in [0.25, 0.3) is 0 Å². The molecule has 0 atom stereocenters. The number of hydrogen-bond donors (Lipinski definition) is 0. The lowest BCUT2D eigenvalue weighted by Crippen LogP contribution is -2.11. The maximum absolute atomic E-state index is 6.28. The van der Waals surface area contributed by atoms with E-state index in [1.807, 2.05) is 0 Å². The molecule has 0 aliphatic heterocycles. The second kappa shape index (κ2) is 9.33. The van der Waals surface area contributed by atoms with Crippen LogP contribution in [0, 0.1) is 11.8 Å². The van der Waals surface area contributed by atoms with Gasteiger partial charge in [0.2, 0.25) is 0 Å². The molecule has 0 aromatic carbocycles. The highest BCUT2D eigenvalue weighted by Crippen LogP contribution is 2.33. The Kier molecular flexibility index (Phi) is 7.39. The molecule has 2 aliphatic carbocycles. The zero-order chi connectivity index (χ0) is 14.9. The van der Waals surface area contributed by atoms with E-state index >= 15 is 0 Å². The fourth-order valence-electron chi connectivity index (χ4n) is 3.96. The Hall–Kier alpha value is -0.720. The van der Waals surface area contributed by atoms with Crippen molar-refractivity contribution in [3.63, 3.8) is 0 Å². The van der Waals surface area contributed by atoms with Gasteiger partial charge in [0.15, 0.2) is 0 Å². The summed E-state index contributed by atoms with van der Waals surface area (Å²) in [5.41, 5.74) is 0. The molecule has 0 aromatic rings. The van der Waals surface area contributed by atoms with Crippen molar-refractivity contribution < 1.29 is 4.74 Å². The first kappa shape index (κ1) is 16.6. The molecule has 21 heavy (non-hydrogen) atoms. The van der Waals surface area contributed by atoms with Crippen molar-refractivity contribution in [2.45, 2.75) is 90.9 Å². The summed E-state index contributed by atoms with van der Waals surface area (Å²) in [5.74, 6) is 4.15. The lowest BCUT2D eigenvalue weighted by Gasteiger charge is -2.25. The summed E-state index contributed by atoms with van der Waals surface area (Å²) in [6, 6.07) is 0. The smallest absolute Gasteiger partial charge is 0.0996 e. The highest BCUT2D eigenvalue weighted by Gasteiger charge is 2.19. The third kappa shape index (κ3) is 5.88. The van der Waals surface area contributed by atoms with Crippen molar-refractivity contribution in [2.24, 2.45) is 11.8 Å². The minimum absolute atomic E-state index is 0.859. The van der Waals surface area contributed by atoms with Crippen LogP contribution in [-0.4, -0.2) is 0 Å². The number of rotatable bonds is 6. The maximum Gasteiger partial charge on any atom is 0.0996 e. The average molecular weight is 290 g/mol. The van der Waals surface area contributed by atoms with E-state index in [4.69, 9.17) is 4.74 Å². The van der Waals surface area contributed by atoms with E-state index in [-0.39, 0.29) is 0 Å². The van der Waals surface area contributed by atoms with Gasteiger partial charge in [0.05, 0.1) is 11.5 Å². The summed E-state index contributed by atoms with van der Waals surface area (Å²) in [6.45, 7) is 4.26. The molecular formula is C20H34O. The standard InChI is InChI=1S/C20H34O/c1-3-19(15-17-11-7-5-8-12-17)21-20(4-2)16-18-13-9-6-10-14-18/h3-4,17-18H,5-16H2,1-2H3/b19-3-,20-4-. The highest BCUT2D eigenvalue weighted by atomic mass is 16.5. The SMILES string of the molecule is C/C=C(/CC1CCCCC1)O/C(=C\C)CC1CCCCC1. The van der Waals surface area contributed by atoms with E-state index in [0.29, 0.717) is 0 Å². The minimum Gasteiger partial charge on any atom is -0.467 e. The van der Waals surface area contributed by atoms with Gasteiger partial charge >= 0.3 is 0 Å². The largest absolute Gasteiger partial charge is 0.467 e. The predicted molar refractivity (Wildman–Crippen MR) is 91.0 cm³/mol. The Labute approximate surface area is 131 Å². The number of allylic oxidation sites excluding steroid dienone is 4. The van der Waals surface area contributed by atoms with Crippen molar-refractivity contribution in [1.82, 2.24) is 0 Å². The summed E-state index contributed by atoms with van der Waals surface area (Å²) in [6.07, 6.45) is 20.8. The molecule has 0 radical (unpaired) electrons. The molecule has 0 unspecified atom stereocenters. The van der Waals surface area contributed by atoms with Crippen LogP contribution in [0.15, 0.2) is 23.7 Å². The molecule has 0 N–H and O–H groups in total. The van der Waals surface area contributed by atoms with Crippen LogP contribution in [0.2, 0.25) is 0 Å². The summed E-state index contributed by atoms with van der Waals surface area (Å²) < 4.78 is 6.28. The van der Waals surface area contributed by atoms with E-state index in [2.05, 4.69) is 26.0 Å². The molecule has 0 heterocycles. The summed E-state index contributed by atoms with van der Waals surface area (Å²) in [7, 11) is 0. The Morgan fingerprint density at radius 2 is 1.10 bits per heavy atom. The first-order valence-electron chi connectivity index (χ1n) is 9.30. The molecule has 1 nitrogen and oxygen atoms in total. The lowest BCUT2D eigenvalue weighted by molar-refractivity contribution is 0.219. The quantitative estimate of drug-likeness (QED) is 0.491. The van der Waals surface area contributed by atoms with Gasteiger partial charge in [-0.2, -0.15) is 0 Å². The number of hydrogen-bond acceptors (Lipinski definition) is 1. The third-order valence-corrected chi connectivity index (χ3v) is 5.34. The molecular weight excluding hydrogens is 256 g/mol. The van der Waals surface area contributed by atoms with Gasteiger partial charge < -0.3 is 4.74 Å². The lowest BCUT2D eigenvalue weighted by atomic mass is 9.86. The van der Waals surface area contributed by atoms with Crippen molar-refractivity contribution >= 4 is 0 Å². The highest BCUT2D eigenvalue weighted by molar-refractivity contribution is 5.02. The molecule has 2 aliphatic rings. The Morgan fingerprint density at radius 3 is 1.43 bits per heavy atom. The van der Waals surface area contributed by atoms with E-state index in [1.165, 1.54) is 75.7 Å². The molecule has 2 fully saturated rings. The first-order valence-corrected chi connectivity index (χ1v) is 9.30. The van der Waals surface area contributed by atoms with Gasteiger partial charge in [0.25, 0.3) is 0 Å². The first-order chi connectivity index (χ1) is 10.3. The Morgan fingerprint density at radius 1 is 0.714 bits per heavy atom. The van der Waals surface area contributed by atoms with Crippen LogP contribution in [0.4, 0.5) is 0 Å². The molecule has 0 amide bonds. The molecule has 0 bridgehead atoms. The van der Waals surface area contributed by atoms with Crippen LogP contribution in [0.5, 0.6) is 0 Å². The van der Waals surface area contributed by atoms with E-state index in [9.17, 15) is 0 Å². The number of ether oxygens (including phenoxy) is 1. The zero-order valence-corrected chi connectivity index (χ0v) is 14.2. The Bertz CT molecular complexity index is 307. The fourth-order valence-corrected chi connectivity index (χ4v) is 3.96. The Balaban J connectivity index is 1.80. The van der Waals surface area contributed by atoms with Crippen molar-refractivity contribution in [1.29, 1.82) is 0 Å². The van der Waals surface area contributed by atoms with Crippen LogP contribution in [0.3, 0.4) is 0 Å². The summed E-state index contributed by atoms with van der Waals surface area (Å²) in [5, 5.41) is 0. The normalized spacial score (nSPS) is 23.3. The third-order valence-electron chi connectivity index (χ3n) is 5.34. The van der Waals surface area contributed by atoms with Gasteiger partial charge in [-0.05, 0) is 37.8 Å². The molecule has 0 saturated heterocycles. The topological polar surface area (TPSA) is 9.23 Å². The molecule has 0 spiro atoms. The van der Waals surface area contributed by atoms with Gasteiger partial charge in [0, 0.05) is 12.8 Å². The van der Waals surface area contributed by atoms with Crippen molar-refractivity contribution in [2.75, 3.05) is 0 Å². The summed E-state index contributed by atoms with van der Waals surface area (Å²) >= 11 is 0. The maximum atomic E-state index is 6.28. The van der Waals surface area contributed by atoms with E-state index < -0.39 is 0 Å². The fraction of sp³-hybridized carbons (Fsp3) is 0.800. The second-order valence-corrected chi connectivity index (χ2v) is 7.03. The second-order valence-electron chi connectivity index (χ2n) is 7.03. The van der Waals surface area contributed by atoms with Crippen LogP contribution in [-0.2, 0) is 4.74 Å². The molecule has 2 saturated carbocycles. The average Bonchev–Trinajstić information content (AvgIpc) is 2.55. The van der Waals surface area contributed by atoms with Gasteiger partial charge in [-0.15, -0.1) is 0 Å². The molecule has 120 valence electrons. The predicted octanol–water partition coefficient (Wildman–Crippen LogP) is 6.75. The van der Waals surface area contributed by atoms with Crippen LogP contribution < -0.4 is 0 Å². The van der Waals surface area contributed by atoms with Gasteiger partial charge in [-0.3, -0.25) is 0 Å². The molecule has 1 heteroatoms. The molecule has 2 rings (SSSR count). The summed E-state index contributed by atoms with van der Waals surface area (Å²) in [4.78, 5) is 0. The van der Waals surface area contributed by atoms with Crippen molar-refractivity contribution in [3.8, 4) is 0 Å². The van der Waals surface area contributed by atoms with Crippen LogP contribution >= 0.6 is 0 Å². The minimum atomic E-state index is 0.859.